The van der Waals surface area contributed by atoms with Gasteiger partial charge >= 0.3 is 0 Å². The number of hydrogen-bond donors (Lipinski definition) is 2. The zero-order valence-electron chi connectivity index (χ0n) is 18.7. The number of allylic oxidation sites excluding steroid dienone is 1. The molecule has 0 aliphatic carbocycles. The number of carbonyl (C=O) groups is 1. The van der Waals surface area contributed by atoms with Crippen LogP contribution < -0.4 is 10.2 Å². The molecular formula is C22H25N7O3S2. The fraction of sp³-hybridized carbons (Fsp3) is 0.364. The predicted octanol–water partition coefficient (Wildman–Crippen LogP) is 4.57. The standard InChI is InChI=1S/C22H25N7O3S2/c1-3-8-28-19(25-26-22(28)33)11-16-13-34-21(23-16)24-20(30)15-6-7-17(18(10-15)29(31)32)27-9-4-5-14(2)12-27/h3,6-7,10,13-14H,1,4-5,8-9,11-12H2,2H3,(H,26,33)(H,23,24,30). The number of benzene rings is 1. The first kappa shape index (κ1) is 23.8. The van der Waals surface area contributed by atoms with Crippen molar-refractivity contribution in [1.29, 1.82) is 0 Å². The van der Waals surface area contributed by atoms with Crippen LogP contribution in [0.5, 0.6) is 0 Å². The Morgan fingerprint density at radius 2 is 2.32 bits per heavy atom. The number of aromatic nitrogens is 4. The molecule has 1 fully saturated rings. The molecular weight excluding hydrogens is 474 g/mol. The highest BCUT2D eigenvalue weighted by atomic mass is 32.1. The first-order valence-corrected chi connectivity index (χ1v) is 12.2. The maximum atomic E-state index is 12.8. The minimum absolute atomic E-state index is 0.0633. The van der Waals surface area contributed by atoms with Crippen molar-refractivity contribution in [3.63, 3.8) is 0 Å². The normalized spacial score (nSPS) is 15.8. The van der Waals surface area contributed by atoms with E-state index in [1.54, 1.807) is 18.2 Å². The molecule has 12 heteroatoms. The molecule has 34 heavy (non-hydrogen) atoms. The van der Waals surface area contributed by atoms with Crippen LogP contribution >= 0.6 is 23.6 Å². The summed E-state index contributed by atoms with van der Waals surface area (Å²) in [7, 11) is 0. The van der Waals surface area contributed by atoms with E-state index < -0.39 is 10.8 Å². The van der Waals surface area contributed by atoms with Crippen molar-refractivity contribution >= 4 is 46.0 Å². The molecule has 3 heterocycles. The van der Waals surface area contributed by atoms with Gasteiger partial charge in [-0.1, -0.05) is 13.0 Å². The summed E-state index contributed by atoms with van der Waals surface area (Å²) in [5.41, 5.74) is 1.42. The van der Waals surface area contributed by atoms with E-state index in [0.29, 0.717) is 40.3 Å². The number of anilines is 2. The van der Waals surface area contributed by atoms with Gasteiger partial charge in [-0.25, -0.2) is 4.98 Å². The predicted molar refractivity (Wildman–Crippen MR) is 134 cm³/mol. The Kier molecular flexibility index (Phi) is 7.17. The second kappa shape index (κ2) is 10.3. The second-order valence-corrected chi connectivity index (χ2v) is 9.52. The van der Waals surface area contributed by atoms with Crippen molar-refractivity contribution in [2.75, 3.05) is 23.3 Å². The highest BCUT2D eigenvalue weighted by Gasteiger charge is 2.25. The van der Waals surface area contributed by atoms with Gasteiger partial charge in [0.1, 0.15) is 11.5 Å². The number of nitrogens with one attached hydrogen (secondary N) is 2. The van der Waals surface area contributed by atoms with Crippen LogP contribution in [0.1, 0.15) is 41.6 Å². The molecule has 4 rings (SSSR count). The van der Waals surface area contributed by atoms with Crippen LogP contribution in [0, 0.1) is 20.8 Å². The van der Waals surface area contributed by atoms with Gasteiger partial charge in [0.2, 0.25) is 0 Å². The van der Waals surface area contributed by atoms with Gasteiger partial charge in [-0.05, 0) is 43.1 Å². The SMILES string of the molecule is C=CCn1c(Cc2csc(NC(=O)c3ccc(N4CCCC(C)C4)c([N+](=O)[O-])c3)n2)n[nH]c1=S. The summed E-state index contributed by atoms with van der Waals surface area (Å²) < 4.78 is 2.33. The summed E-state index contributed by atoms with van der Waals surface area (Å²) in [5, 5.41) is 23.7. The van der Waals surface area contributed by atoms with Gasteiger partial charge in [0.05, 0.1) is 17.0 Å². The number of thiazole rings is 1. The van der Waals surface area contributed by atoms with Gasteiger partial charge in [0.25, 0.3) is 11.6 Å². The molecule has 1 atom stereocenters. The Hall–Kier alpha value is -3.38. The van der Waals surface area contributed by atoms with Gasteiger partial charge in [-0.2, -0.15) is 5.10 Å². The summed E-state index contributed by atoms with van der Waals surface area (Å²) in [6, 6.07) is 4.63. The molecule has 0 saturated carbocycles. The number of H-pyrrole nitrogens is 1. The fourth-order valence-electron chi connectivity index (χ4n) is 4.07. The number of nitro groups is 1. The van der Waals surface area contributed by atoms with Gasteiger partial charge < -0.3 is 4.90 Å². The molecule has 1 aromatic carbocycles. The smallest absolute Gasteiger partial charge is 0.293 e. The van der Waals surface area contributed by atoms with Gasteiger partial charge in [-0.3, -0.25) is 29.9 Å². The van der Waals surface area contributed by atoms with Gasteiger partial charge in [0.15, 0.2) is 9.90 Å². The highest BCUT2D eigenvalue weighted by molar-refractivity contribution is 7.71. The van der Waals surface area contributed by atoms with E-state index in [4.69, 9.17) is 12.2 Å². The summed E-state index contributed by atoms with van der Waals surface area (Å²) in [4.78, 5) is 30.6. The number of rotatable bonds is 8. The van der Waals surface area contributed by atoms with Crippen molar-refractivity contribution in [3.05, 3.63) is 68.2 Å². The Morgan fingerprint density at radius 3 is 3.06 bits per heavy atom. The van der Waals surface area contributed by atoms with Crippen LogP contribution in [0.2, 0.25) is 0 Å². The topological polar surface area (TPSA) is 122 Å². The third-order valence-electron chi connectivity index (χ3n) is 5.69. The van der Waals surface area contributed by atoms with Crippen LogP contribution in [0.4, 0.5) is 16.5 Å². The first-order chi connectivity index (χ1) is 16.4. The van der Waals surface area contributed by atoms with Gasteiger partial charge in [0, 0.05) is 36.6 Å². The average molecular weight is 500 g/mol. The molecule has 178 valence electrons. The van der Waals surface area contributed by atoms with Crippen LogP contribution in [0.15, 0.2) is 36.2 Å². The summed E-state index contributed by atoms with van der Waals surface area (Å²) in [6.45, 7) is 7.94. The maximum Gasteiger partial charge on any atom is 0.293 e. The Bertz CT molecular complexity index is 1280. The van der Waals surface area contributed by atoms with E-state index in [1.165, 1.54) is 17.4 Å². The molecule has 1 aliphatic rings. The molecule has 2 N–H and O–H groups in total. The molecule has 0 radical (unpaired) electrons. The molecule has 0 bridgehead atoms. The van der Waals surface area contributed by atoms with Gasteiger partial charge in [-0.15, -0.1) is 17.9 Å². The number of nitrogens with zero attached hydrogens (tertiary/aromatic N) is 5. The molecule has 1 amide bonds. The highest BCUT2D eigenvalue weighted by Crippen LogP contribution is 2.32. The first-order valence-electron chi connectivity index (χ1n) is 10.9. The van der Waals surface area contributed by atoms with Crippen LogP contribution in [-0.4, -0.2) is 43.7 Å². The Balaban J connectivity index is 1.48. The Labute approximate surface area is 205 Å². The number of hydrogen-bond acceptors (Lipinski definition) is 8. The van der Waals surface area contributed by atoms with Crippen LogP contribution in [-0.2, 0) is 13.0 Å². The molecule has 1 aliphatic heterocycles. The minimum atomic E-state index is -0.447. The van der Waals surface area contributed by atoms with Crippen LogP contribution in [0.25, 0.3) is 0 Å². The summed E-state index contributed by atoms with van der Waals surface area (Å²) >= 11 is 6.50. The van der Waals surface area contributed by atoms with Crippen molar-refractivity contribution in [1.82, 2.24) is 19.7 Å². The third-order valence-corrected chi connectivity index (χ3v) is 6.81. The molecule has 3 aromatic rings. The lowest BCUT2D eigenvalue weighted by molar-refractivity contribution is -0.384. The lowest BCUT2D eigenvalue weighted by Gasteiger charge is -2.32. The average Bonchev–Trinajstić information content (AvgIpc) is 3.40. The quantitative estimate of drug-likeness (QED) is 0.201. The summed E-state index contributed by atoms with van der Waals surface area (Å²) in [5.74, 6) is 0.740. The van der Waals surface area contributed by atoms with Crippen molar-refractivity contribution in [3.8, 4) is 0 Å². The second-order valence-electron chi connectivity index (χ2n) is 8.27. The molecule has 1 unspecified atom stereocenters. The van der Waals surface area contributed by atoms with E-state index >= 15 is 0 Å². The van der Waals surface area contributed by atoms with Crippen molar-refractivity contribution < 1.29 is 9.72 Å². The molecule has 1 saturated heterocycles. The van der Waals surface area contributed by atoms with E-state index in [0.717, 1.165) is 31.6 Å². The number of carbonyl (C=O) groups excluding carboxylic acids is 1. The zero-order valence-corrected chi connectivity index (χ0v) is 20.3. The number of aromatic amines is 1. The fourth-order valence-corrected chi connectivity index (χ4v) is 5.00. The van der Waals surface area contributed by atoms with Crippen molar-refractivity contribution in [2.45, 2.75) is 32.7 Å². The minimum Gasteiger partial charge on any atom is -0.366 e. The van der Waals surface area contributed by atoms with Crippen molar-refractivity contribution in [2.24, 2.45) is 5.92 Å². The lowest BCUT2D eigenvalue weighted by Crippen LogP contribution is -2.34. The zero-order chi connectivity index (χ0) is 24.2. The number of amides is 1. The third kappa shape index (κ3) is 5.23. The molecule has 10 nitrogen and oxygen atoms in total. The Morgan fingerprint density at radius 1 is 1.50 bits per heavy atom. The van der Waals surface area contributed by atoms with E-state index in [9.17, 15) is 14.9 Å². The van der Waals surface area contributed by atoms with Crippen LogP contribution in [0.3, 0.4) is 0 Å². The van der Waals surface area contributed by atoms with E-state index in [1.807, 2.05) is 14.8 Å². The largest absolute Gasteiger partial charge is 0.366 e. The maximum absolute atomic E-state index is 12.8. The number of nitro benzene ring substituents is 1. The van der Waals surface area contributed by atoms with E-state index in [2.05, 4.69) is 34.0 Å². The van der Waals surface area contributed by atoms with E-state index in [-0.39, 0.29) is 11.3 Å². The lowest BCUT2D eigenvalue weighted by atomic mass is 9.99. The molecule has 0 spiro atoms. The monoisotopic (exact) mass is 499 g/mol. The summed E-state index contributed by atoms with van der Waals surface area (Å²) in [6.07, 6.45) is 4.27. The number of piperidine rings is 1. The molecule has 2 aromatic heterocycles.